The molecule has 0 aromatic heterocycles. The molecule has 0 saturated heterocycles. The Bertz CT molecular complexity index is 419. The van der Waals surface area contributed by atoms with Gasteiger partial charge in [0.2, 0.25) is 0 Å². The lowest BCUT2D eigenvalue weighted by Gasteiger charge is -2.16. The summed E-state index contributed by atoms with van der Waals surface area (Å²) in [4.78, 5) is 11.3. The lowest BCUT2D eigenvalue weighted by Crippen LogP contribution is -2.10. The van der Waals surface area contributed by atoms with Crippen molar-refractivity contribution in [3.63, 3.8) is 0 Å². The average molecular weight is 302 g/mol. The minimum Gasteiger partial charge on any atom is -0.478 e. The highest BCUT2D eigenvalue weighted by Crippen LogP contribution is 2.23. The number of aryl methyl sites for hydroxylation is 1. The van der Waals surface area contributed by atoms with E-state index in [1.165, 1.54) is 5.56 Å². The van der Waals surface area contributed by atoms with Crippen molar-refractivity contribution < 1.29 is 9.90 Å². The van der Waals surface area contributed by atoms with Gasteiger partial charge < -0.3 is 5.11 Å². The minimum absolute atomic E-state index is 0.392. The van der Waals surface area contributed by atoms with Crippen molar-refractivity contribution in [1.82, 2.24) is 0 Å². The molecule has 1 aromatic carbocycles. The highest BCUT2D eigenvalue weighted by Gasteiger charge is 2.16. The molecule has 0 spiro atoms. The summed E-state index contributed by atoms with van der Waals surface area (Å²) in [5.74, 6) is 1.24. The first-order valence-corrected chi connectivity index (χ1v) is 7.75. The number of hydrogen-bond donors (Lipinski definition) is 4. The summed E-state index contributed by atoms with van der Waals surface area (Å²) in [5, 5.41) is 9.25. The normalized spacial score (nSPS) is 10.6. The van der Waals surface area contributed by atoms with Crippen LogP contribution in [0.4, 0.5) is 0 Å². The number of hydrogen-bond acceptors (Lipinski definition) is 4. The molecule has 100 valence electrons. The van der Waals surface area contributed by atoms with Gasteiger partial charge in [-0.3, -0.25) is 0 Å². The summed E-state index contributed by atoms with van der Waals surface area (Å²) in [6.45, 7) is 0. The van der Waals surface area contributed by atoms with Crippen molar-refractivity contribution in [3.05, 3.63) is 34.4 Å². The lowest BCUT2D eigenvalue weighted by molar-refractivity contribution is 0.0695. The number of aromatic carboxylic acids is 1. The number of rotatable bonds is 7. The van der Waals surface area contributed by atoms with Crippen LogP contribution in [0.2, 0.25) is 0 Å². The van der Waals surface area contributed by atoms with Gasteiger partial charge in [0.15, 0.2) is 0 Å². The summed E-state index contributed by atoms with van der Waals surface area (Å²) in [6, 6.07) is 3.60. The molecular weight excluding hydrogens is 284 g/mol. The molecule has 0 saturated carbocycles. The number of thiol groups is 3. The summed E-state index contributed by atoms with van der Waals surface area (Å²) >= 11 is 12.7. The maximum atomic E-state index is 11.3. The first-order valence-electron chi connectivity index (χ1n) is 5.85. The van der Waals surface area contributed by atoms with Gasteiger partial charge in [0.1, 0.15) is 0 Å². The maximum absolute atomic E-state index is 11.3. The molecule has 0 amide bonds. The molecule has 1 N–H and O–H groups in total. The number of carboxylic acid groups (broad SMARTS) is 1. The third-order valence-corrected chi connectivity index (χ3v) is 3.53. The number of benzene rings is 1. The first kappa shape index (κ1) is 15.8. The fraction of sp³-hybridized carbons (Fsp3) is 0.462. The molecular formula is C13H18O2S3. The minimum atomic E-state index is -0.871. The van der Waals surface area contributed by atoms with Crippen LogP contribution in [0.15, 0.2) is 12.1 Å². The Balaban J connectivity index is 3.33. The Morgan fingerprint density at radius 3 is 2.00 bits per heavy atom. The second-order valence-electron chi connectivity index (χ2n) is 3.96. The van der Waals surface area contributed by atoms with Crippen LogP contribution in [0.3, 0.4) is 0 Å². The summed E-state index contributed by atoms with van der Waals surface area (Å²) in [7, 11) is 0. The van der Waals surface area contributed by atoms with E-state index in [2.05, 4.69) is 37.9 Å². The molecule has 0 bridgehead atoms. The van der Waals surface area contributed by atoms with Gasteiger partial charge in [-0.05, 0) is 59.3 Å². The molecule has 18 heavy (non-hydrogen) atoms. The van der Waals surface area contributed by atoms with Gasteiger partial charge in [-0.25, -0.2) is 4.79 Å². The van der Waals surface area contributed by atoms with E-state index in [0.29, 0.717) is 23.5 Å². The number of carbonyl (C=O) groups is 1. The second kappa shape index (κ2) is 8.02. The van der Waals surface area contributed by atoms with Crippen LogP contribution in [0.1, 0.15) is 27.0 Å². The van der Waals surface area contributed by atoms with E-state index in [-0.39, 0.29) is 0 Å². The van der Waals surface area contributed by atoms with E-state index in [9.17, 15) is 9.90 Å². The molecule has 0 aliphatic carbocycles. The van der Waals surface area contributed by atoms with Crippen LogP contribution in [-0.4, -0.2) is 28.3 Å². The molecule has 5 heteroatoms. The zero-order chi connectivity index (χ0) is 13.5. The Kier molecular flexibility index (Phi) is 7.04. The van der Waals surface area contributed by atoms with Crippen LogP contribution >= 0.6 is 37.9 Å². The fourth-order valence-corrected chi connectivity index (χ4v) is 2.81. The highest BCUT2D eigenvalue weighted by atomic mass is 32.1. The smallest absolute Gasteiger partial charge is 0.335 e. The maximum Gasteiger partial charge on any atom is 0.335 e. The van der Waals surface area contributed by atoms with Crippen molar-refractivity contribution in [2.45, 2.75) is 19.3 Å². The number of carboxylic acids is 1. The van der Waals surface area contributed by atoms with E-state index >= 15 is 0 Å². The zero-order valence-electron chi connectivity index (χ0n) is 10.1. The van der Waals surface area contributed by atoms with Gasteiger partial charge in [0, 0.05) is 0 Å². The summed E-state index contributed by atoms with van der Waals surface area (Å²) in [6.07, 6.45) is 2.32. The second-order valence-corrected chi connectivity index (χ2v) is 5.30. The Labute approximate surface area is 124 Å². The standard InChI is InChI=1S/C13H18O2S3/c14-13(15)12-2-1-9(3-6-16)10(4-7-17)11(12)5-8-18/h1-2,16-18H,3-8H2,(H,14,15). The third kappa shape index (κ3) is 3.87. The molecule has 0 heterocycles. The Morgan fingerprint density at radius 1 is 0.944 bits per heavy atom. The van der Waals surface area contributed by atoms with Gasteiger partial charge in [-0.15, -0.1) is 0 Å². The largest absolute Gasteiger partial charge is 0.478 e. The van der Waals surface area contributed by atoms with Crippen LogP contribution in [-0.2, 0) is 19.3 Å². The average Bonchev–Trinajstić information content (AvgIpc) is 2.33. The Hall–Kier alpha value is -0.260. The molecule has 1 rings (SSSR count). The SMILES string of the molecule is O=C(O)c1ccc(CCS)c(CCS)c1CCS. The summed E-state index contributed by atoms with van der Waals surface area (Å²) < 4.78 is 0. The van der Waals surface area contributed by atoms with Crippen LogP contribution in [0.25, 0.3) is 0 Å². The monoisotopic (exact) mass is 302 g/mol. The molecule has 0 unspecified atom stereocenters. The van der Waals surface area contributed by atoms with Crippen molar-refractivity contribution in [1.29, 1.82) is 0 Å². The van der Waals surface area contributed by atoms with E-state index in [4.69, 9.17) is 0 Å². The summed E-state index contributed by atoms with van der Waals surface area (Å²) in [5.41, 5.74) is 3.60. The molecule has 1 aromatic rings. The van der Waals surface area contributed by atoms with Gasteiger partial charge in [0.05, 0.1) is 5.56 Å². The predicted molar refractivity (Wildman–Crippen MR) is 86.1 cm³/mol. The third-order valence-electron chi connectivity index (χ3n) is 2.86. The van der Waals surface area contributed by atoms with Gasteiger partial charge in [-0.2, -0.15) is 37.9 Å². The van der Waals surface area contributed by atoms with E-state index in [1.54, 1.807) is 6.07 Å². The van der Waals surface area contributed by atoms with Gasteiger partial charge >= 0.3 is 5.97 Å². The molecule has 2 nitrogen and oxygen atoms in total. The topological polar surface area (TPSA) is 37.3 Å². The molecule has 0 fully saturated rings. The quantitative estimate of drug-likeness (QED) is 0.585. The van der Waals surface area contributed by atoms with Crippen molar-refractivity contribution in [2.75, 3.05) is 17.3 Å². The van der Waals surface area contributed by atoms with Crippen LogP contribution < -0.4 is 0 Å². The van der Waals surface area contributed by atoms with E-state index in [0.717, 1.165) is 29.7 Å². The molecule has 0 aliphatic heterocycles. The van der Waals surface area contributed by atoms with E-state index in [1.807, 2.05) is 6.07 Å². The van der Waals surface area contributed by atoms with E-state index < -0.39 is 5.97 Å². The van der Waals surface area contributed by atoms with Crippen molar-refractivity contribution >= 4 is 43.9 Å². The molecule has 0 radical (unpaired) electrons. The molecule has 0 atom stereocenters. The Morgan fingerprint density at radius 2 is 1.50 bits per heavy atom. The predicted octanol–water partition coefficient (Wildman–Crippen LogP) is 2.80. The molecule has 0 aliphatic rings. The fourth-order valence-electron chi connectivity index (χ4n) is 2.12. The van der Waals surface area contributed by atoms with Gasteiger partial charge in [0.25, 0.3) is 0 Å². The lowest BCUT2D eigenvalue weighted by atomic mass is 9.91. The van der Waals surface area contributed by atoms with Crippen LogP contribution in [0.5, 0.6) is 0 Å². The van der Waals surface area contributed by atoms with Crippen LogP contribution in [0, 0.1) is 0 Å². The van der Waals surface area contributed by atoms with Crippen molar-refractivity contribution in [2.24, 2.45) is 0 Å². The highest BCUT2D eigenvalue weighted by molar-refractivity contribution is 7.80. The zero-order valence-corrected chi connectivity index (χ0v) is 12.8. The van der Waals surface area contributed by atoms with Gasteiger partial charge in [-0.1, -0.05) is 6.07 Å². The van der Waals surface area contributed by atoms with Crippen molar-refractivity contribution in [3.8, 4) is 0 Å². The first-order chi connectivity index (χ1) is 8.65.